The number of anilines is 1. The molecule has 0 radical (unpaired) electrons. The minimum atomic E-state index is -3.14. The van der Waals surface area contributed by atoms with E-state index in [2.05, 4.69) is 17.4 Å². The van der Waals surface area contributed by atoms with Gasteiger partial charge in [0.2, 0.25) is 0 Å². The molecule has 1 N–H and O–H groups in total. The summed E-state index contributed by atoms with van der Waals surface area (Å²) in [4.78, 5) is 0.379. The van der Waals surface area contributed by atoms with Gasteiger partial charge in [-0.1, -0.05) is 37.3 Å². The van der Waals surface area contributed by atoms with Crippen LogP contribution in [0, 0.1) is 0 Å². The zero-order valence-electron chi connectivity index (χ0n) is 13.8. The Balaban J connectivity index is 1.65. The van der Waals surface area contributed by atoms with Gasteiger partial charge in [-0.25, -0.2) is 8.42 Å². The minimum Gasteiger partial charge on any atom is -0.382 e. The molecular formula is C19H23NO3S. The summed E-state index contributed by atoms with van der Waals surface area (Å²) in [6.07, 6.45) is 1.95. The highest BCUT2D eigenvalue weighted by Gasteiger charge is 2.23. The minimum absolute atomic E-state index is 0.109. The molecule has 0 saturated carbocycles. The molecule has 2 atom stereocenters. The van der Waals surface area contributed by atoms with Gasteiger partial charge in [-0.15, -0.1) is 0 Å². The van der Waals surface area contributed by atoms with Gasteiger partial charge < -0.3 is 10.1 Å². The molecule has 0 bridgehead atoms. The average Bonchev–Trinajstić information content (AvgIpc) is 2.63. The predicted octanol–water partition coefficient (Wildman–Crippen LogP) is 3.81. The van der Waals surface area contributed by atoms with Crippen LogP contribution in [-0.4, -0.2) is 26.8 Å². The van der Waals surface area contributed by atoms with Crippen LogP contribution >= 0.6 is 0 Å². The third-order valence-electron chi connectivity index (χ3n) is 4.42. The number of benzene rings is 2. The van der Waals surface area contributed by atoms with Crippen molar-refractivity contribution in [3.8, 4) is 0 Å². The van der Waals surface area contributed by atoms with Crippen LogP contribution in [0.4, 0.5) is 5.69 Å². The van der Waals surface area contributed by atoms with Crippen molar-refractivity contribution in [1.82, 2.24) is 0 Å². The first-order chi connectivity index (χ1) is 11.6. The Bertz CT molecular complexity index is 757. The predicted molar refractivity (Wildman–Crippen MR) is 95.9 cm³/mol. The normalized spacial score (nSPS) is 21.4. The van der Waals surface area contributed by atoms with Crippen LogP contribution < -0.4 is 5.32 Å². The highest BCUT2D eigenvalue weighted by molar-refractivity contribution is 7.91. The molecule has 2 aromatic carbocycles. The molecule has 0 spiro atoms. The lowest BCUT2D eigenvalue weighted by Crippen LogP contribution is -2.30. The van der Waals surface area contributed by atoms with Crippen LogP contribution in [0.3, 0.4) is 0 Å². The number of sulfone groups is 1. The molecule has 1 fully saturated rings. The molecule has 4 nitrogen and oxygen atoms in total. The number of rotatable bonds is 5. The quantitative estimate of drug-likeness (QED) is 0.895. The van der Waals surface area contributed by atoms with E-state index < -0.39 is 9.84 Å². The van der Waals surface area contributed by atoms with Gasteiger partial charge in [0, 0.05) is 18.3 Å². The Morgan fingerprint density at radius 3 is 2.46 bits per heavy atom. The van der Waals surface area contributed by atoms with Crippen molar-refractivity contribution in [2.45, 2.75) is 36.8 Å². The molecule has 0 unspecified atom stereocenters. The number of hydrogen-bond acceptors (Lipinski definition) is 4. The van der Waals surface area contributed by atoms with E-state index >= 15 is 0 Å². The lowest BCUT2D eigenvalue weighted by Gasteiger charge is -2.31. The van der Waals surface area contributed by atoms with E-state index in [0.29, 0.717) is 10.9 Å². The van der Waals surface area contributed by atoms with Gasteiger partial charge in [0.1, 0.15) is 0 Å². The standard InChI is InChI=1S/C19H23NO3S/c1-2-24(21,22)18-10-8-16(9-11-18)20-17-12-13-23-19(14-17)15-6-4-3-5-7-15/h3-11,17,19-20H,2,12-14H2,1H3/t17-,19-/m1/s1. The van der Waals surface area contributed by atoms with Gasteiger partial charge in [-0.05, 0) is 42.7 Å². The fourth-order valence-electron chi connectivity index (χ4n) is 2.99. The molecule has 5 heteroatoms. The van der Waals surface area contributed by atoms with Gasteiger partial charge in [0.25, 0.3) is 0 Å². The zero-order valence-corrected chi connectivity index (χ0v) is 14.6. The molecule has 0 aromatic heterocycles. The largest absolute Gasteiger partial charge is 0.382 e. The van der Waals surface area contributed by atoms with Crippen LogP contribution in [0.2, 0.25) is 0 Å². The third kappa shape index (κ3) is 3.97. The molecular weight excluding hydrogens is 322 g/mol. The summed E-state index contributed by atoms with van der Waals surface area (Å²) >= 11 is 0. The molecule has 1 saturated heterocycles. The van der Waals surface area contributed by atoms with Gasteiger partial charge in [0.05, 0.1) is 16.8 Å². The fraction of sp³-hybridized carbons (Fsp3) is 0.368. The van der Waals surface area contributed by atoms with Crippen molar-refractivity contribution in [2.24, 2.45) is 0 Å². The van der Waals surface area contributed by atoms with Crippen LogP contribution in [0.5, 0.6) is 0 Å². The van der Waals surface area contributed by atoms with E-state index in [9.17, 15) is 8.42 Å². The summed E-state index contributed by atoms with van der Waals surface area (Å²) in [5.41, 5.74) is 2.15. The van der Waals surface area contributed by atoms with E-state index in [1.54, 1.807) is 19.1 Å². The van der Waals surface area contributed by atoms with Gasteiger partial charge in [-0.2, -0.15) is 0 Å². The van der Waals surface area contributed by atoms with E-state index in [-0.39, 0.29) is 11.9 Å². The third-order valence-corrected chi connectivity index (χ3v) is 6.17. The van der Waals surface area contributed by atoms with E-state index in [1.807, 2.05) is 30.3 Å². The highest BCUT2D eigenvalue weighted by Crippen LogP contribution is 2.29. The molecule has 3 rings (SSSR count). The molecule has 2 aromatic rings. The highest BCUT2D eigenvalue weighted by atomic mass is 32.2. The number of nitrogens with one attached hydrogen (secondary N) is 1. The van der Waals surface area contributed by atoms with Gasteiger partial charge in [-0.3, -0.25) is 0 Å². The van der Waals surface area contributed by atoms with Crippen molar-refractivity contribution in [1.29, 1.82) is 0 Å². The van der Waals surface area contributed by atoms with Crippen molar-refractivity contribution in [3.63, 3.8) is 0 Å². The molecule has 1 aliphatic heterocycles. The van der Waals surface area contributed by atoms with Crippen molar-refractivity contribution in [2.75, 3.05) is 17.7 Å². The summed E-state index contributed by atoms with van der Waals surface area (Å²) in [7, 11) is -3.14. The Morgan fingerprint density at radius 2 is 1.79 bits per heavy atom. The molecule has 0 aliphatic carbocycles. The lowest BCUT2D eigenvalue weighted by atomic mass is 9.97. The summed E-state index contributed by atoms with van der Waals surface area (Å²) in [5, 5.41) is 3.50. The first-order valence-corrected chi connectivity index (χ1v) is 9.99. The molecule has 128 valence electrons. The van der Waals surface area contributed by atoms with Gasteiger partial charge in [0.15, 0.2) is 9.84 Å². The fourth-order valence-corrected chi connectivity index (χ4v) is 3.87. The monoisotopic (exact) mass is 345 g/mol. The molecule has 1 aliphatic rings. The zero-order chi connectivity index (χ0) is 17.0. The first kappa shape index (κ1) is 17.0. The lowest BCUT2D eigenvalue weighted by molar-refractivity contribution is 0.00980. The maximum absolute atomic E-state index is 11.9. The average molecular weight is 345 g/mol. The summed E-state index contributed by atoms with van der Waals surface area (Å²) in [6.45, 7) is 2.38. The molecule has 24 heavy (non-hydrogen) atoms. The van der Waals surface area contributed by atoms with Gasteiger partial charge >= 0.3 is 0 Å². The second-order valence-electron chi connectivity index (χ2n) is 6.06. The van der Waals surface area contributed by atoms with Crippen molar-refractivity contribution in [3.05, 3.63) is 60.2 Å². The maximum atomic E-state index is 11.9. The number of ether oxygens (including phenoxy) is 1. The maximum Gasteiger partial charge on any atom is 0.178 e. The Kier molecular flexibility index (Phi) is 5.21. The SMILES string of the molecule is CCS(=O)(=O)c1ccc(N[C@@H]2CCO[C@@H](c3ccccc3)C2)cc1. The smallest absolute Gasteiger partial charge is 0.178 e. The molecule has 1 heterocycles. The Labute approximate surface area is 143 Å². The summed E-state index contributed by atoms with van der Waals surface area (Å²) in [5.74, 6) is 0.124. The van der Waals surface area contributed by atoms with E-state index in [1.165, 1.54) is 5.56 Å². The second-order valence-corrected chi connectivity index (χ2v) is 8.34. The van der Waals surface area contributed by atoms with Crippen LogP contribution in [0.1, 0.15) is 31.4 Å². The summed E-state index contributed by atoms with van der Waals surface area (Å²) in [6, 6.07) is 17.6. The van der Waals surface area contributed by atoms with Crippen LogP contribution in [0.15, 0.2) is 59.5 Å². The summed E-state index contributed by atoms with van der Waals surface area (Å²) < 4.78 is 29.6. The van der Waals surface area contributed by atoms with E-state index in [4.69, 9.17) is 4.74 Å². The Morgan fingerprint density at radius 1 is 1.08 bits per heavy atom. The van der Waals surface area contributed by atoms with Crippen LogP contribution in [0.25, 0.3) is 0 Å². The second kappa shape index (κ2) is 7.36. The number of hydrogen-bond donors (Lipinski definition) is 1. The van der Waals surface area contributed by atoms with E-state index in [0.717, 1.165) is 25.1 Å². The van der Waals surface area contributed by atoms with Crippen LogP contribution in [-0.2, 0) is 14.6 Å². The van der Waals surface area contributed by atoms with Crippen molar-refractivity contribution >= 4 is 15.5 Å². The first-order valence-electron chi connectivity index (χ1n) is 8.34. The van der Waals surface area contributed by atoms with Crippen molar-refractivity contribution < 1.29 is 13.2 Å². The topological polar surface area (TPSA) is 55.4 Å². The molecule has 0 amide bonds. The Hall–Kier alpha value is -1.85.